The molecule has 0 atom stereocenters. The molecule has 2 N–H and O–H groups in total. The highest BCUT2D eigenvalue weighted by Gasteiger charge is 2.27. The molecule has 0 aliphatic rings. The molecular formula is C14H17FN2O2S2. The number of nitrogens with two attached hydrogens (primary N) is 1. The first-order chi connectivity index (χ1) is 9.86. The van der Waals surface area contributed by atoms with Crippen molar-refractivity contribution in [2.45, 2.75) is 25.3 Å². The number of aryl methyl sites for hydroxylation is 1. The molecule has 0 saturated heterocycles. The summed E-state index contributed by atoms with van der Waals surface area (Å²) in [4.78, 5) is 0.532. The summed E-state index contributed by atoms with van der Waals surface area (Å²) in [5, 5.41) is 1.88. The number of nitrogen functional groups attached to an aromatic ring is 1. The molecule has 1 aromatic heterocycles. The number of benzene rings is 1. The number of halogens is 1. The zero-order chi connectivity index (χ0) is 15.6. The third-order valence-corrected chi connectivity index (χ3v) is 6.00. The predicted octanol–water partition coefficient (Wildman–Crippen LogP) is 2.99. The summed E-state index contributed by atoms with van der Waals surface area (Å²) >= 11 is 1.46. The van der Waals surface area contributed by atoms with Crippen LogP contribution in [0.15, 0.2) is 34.5 Å². The first-order valence-electron chi connectivity index (χ1n) is 6.44. The van der Waals surface area contributed by atoms with E-state index in [1.54, 1.807) is 13.8 Å². The first kappa shape index (κ1) is 15.9. The molecular weight excluding hydrogens is 311 g/mol. The summed E-state index contributed by atoms with van der Waals surface area (Å²) < 4.78 is 40.5. The highest BCUT2D eigenvalue weighted by atomic mass is 32.2. The van der Waals surface area contributed by atoms with Crippen LogP contribution in [0.4, 0.5) is 10.1 Å². The van der Waals surface area contributed by atoms with Gasteiger partial charge in [-0.3, -0.25) is 0 Å². The molecule has 0 saturated carbocycles. The molecule has 0 spiro atoms. The van der Waals surface area contributed by atoms with Crippen LogP contribution in [-0.4, -0.2) is 19.3 Å². The highest BCUT2D eigenvalue weighted by Crippen LogP contribution is 2.26. The summed E-state index contributed by atoms with van der Waals surface area (Å²) in [5.41, 5.74) is 6.50. The monoisotopic (exact) mass is 328 g/mol. The Morgan fingerprint density at radius 1 is 1.38 bits per heavy atom. The van der Waals surface area contributed by atoms with E-state index in [9.17, 15) is 12.8 Å². The lowest BCUT2D eigenvalue weighted by Crippen LogP contribution is -2.31. The van der Waals surface area contributed by atoms with E-state index in [0.717, 1.165) is 10.9 Å². The van der Waals surface area contributed by atoms with Gasteiger partial charge in [0.25, 0.3) is 0 Å². The van der Waals surface area contributed by atoms with Crippen LogP contribution >= 0.6 is 11.3 Å². The molecule has 1 aromatic carbocycles. The van der Waals surface area contributed by atoms with Crippen LogP contribution in [0, 0.1) is 12.7 Å². The van der Waals surface area contributed by atoms with Gasteiger partial charge < -0.3 is 5.73 Å². The minimum Gasteiger partial charge on any atom is -0.398 e. The Bertz CT molecular complexity index is 728. The number of nitrogens with zero attached hydrogens (tertiary/aromatic N) is 1. The molecule has 114 valence electrons. The van der Waals surface area contributed by atoms with Crippen molar-refractivity contribution in [3.05, 3.63) is 45.9 Å². The van der Waals surface area contributed by atoms with Crippen molar-refractivity contribution in [3.63, 3.8) is 0 Å². The molecule has 0 unspecified atom stereocenters. The molecule has 2 rings (SSSR count). The molecule has 0 bridgehead atoms. The van der Waals surface area contributed by atoms with Gasteiger partial charge in [0.2, 0.25) is 10.0 Å². The maximum atomic E-state index is 14.0. The van der Waals surface area contributed by atoms with Crippen molar-refractivity contribution in [2.24, 2.45) is 0 Å². The van der Waals surface area contributed by atoms with E-state index in [2.05, 4.69) is 0 Å². The average Bonchev–Trinajstić information content (AvgIpc) is 2.92. The number of sulfonamides is 1. The van der Waals surface area contributed by atoms with Gasteiger partial charge in [-0.2, -0.15) is 4.31 Å². The molecule has 0 radical (unpaired) electrons. The molecule has 7 heteroatoms. The van der Waals surface area contributed by atoms with Crippen LogP contribution in [0.25, 0.3) is 0 Å². The second-order valence-corrected chi connectivity index (χ2v) is 7.59. The summed E-state index contributed by atoms with van der Waals surface area (Å²) in [7, 11) is -3.91. The molecule has 21 heavy (non-hydrogen) atoms. The smallest absolute Gasteiger partial charge is 0.246 e. The minimum atomic E-state index is -3.91. The van der Waals surface area contributed by atoms with Crippen molar-refractivity contribution in [3.8, 4) is 0 Å². The summed E-state index contributed by atoms with van der Waals surface area (Å²) in [5.74, 6) is -0.772. The third kappa shape index (κ3) is 3.25. The first-order valence-corrected chi connectivity index (χ1v) is 8.76. The molecule has 0 amide bonds. The van der Waals surface area contributed by atoms with Gasteiger partial charge in [-0.15, -0.1) is 11.3 Å². The fourth-order valence-corrected chi connectivity index (χ4v) is 4.26. The molecule has 4 nitrogen and oxygen atoms in total. The largest absolute Gasteiger partial charge is 0.398 e. The summed E-state index contributed by atoms with van der Waals surface area (Å²) in [6.45, 7) is 3.84. The van der Waals surface area contributed by atoms with Gasteiger partial charge in [-0.05, 0) is 36.1 Å². The number of anilines is 1. The molecule has 2 aromatic rings. The lowest BCUT2D eigenvalue weighted by molar-refractivity contribution is 0.422. The van der Waals surface area contributed by atoms with Gasteiger partial charge in [0.1, 0.15) is 10.7 Å². The molecule has 0 aliphatic carbocycles. The van der Waals surface area contributed by atoms with Gasteiger partial charge in [-0.1, -0.05) is 13.0 Å². The lowest BCUT2D eigenvalue weighted by atomic mass is 10.2. The van der Waals surface area contributed by atoms with E-state index in [-0.39, 0.29) is 23.7 Å². The van der Waals surface area contributed by atoms with Crippen molar-refractivity contribution in [1.29, 1.82) is 0 Å². The third-order valence-electron chi connectivity index (χ3n) is 3.20. The number of thiophene rings is 1. The van der Waals surface area contributed by atoms with Crippen LogP contribution in [-0.2, 0) is 16.6 Å². The predicted molar refractivity (Wildman–Crippen MR) is 83.1 cm³/mol. The maximum absolute atomic E-state index is 14.0. The number of hydrogen-bond donors (Lipinski definition) is 1. The second-order valence-electron chi connectivity index (χ2n) is 4.65. The molecule has 0 fully saturated rings. The van der Waals surface area contributed by atoms with Crippen molar-refractivity contribution >= 4 is 27.0 Å². The fraction of sp³-hybridized carbons (Fsp3) is 0.286. The Kier molecular flexibility index (Phi) is 4.65. The van der Waals surface area contributed by atoms with Crippen molar-refractivity contribution in [1.82, 2.24) is 4.31 Å². The topological polar surface area (TPSA) is 63.4 Å². The Labute approximate surface area is 128 Å². The van der Waals surface area contributed by atoms with Gasteiger partial charge in [0, 0.05) is 23.7 Å². The minimum absolute atomic E-state index is 0.226. The van der Waals surface area contributed by atoms with E-state index in [1.165, 1.54) is 21.7 Å². The van der Waals surface area contributed by atoms with Crippen LogP contribution in [0.5, 0.6) is 0 Å². The number of rotatable bonds is 5. The molecule has 1 heterocycles. The fourth-order valence-electron chi connectivity index (χ4n) is 1.95. The summed E-state index contributed by atoms with van der Waals surface area (Å²) in [6, 6.07) is 6.05. The normalized spacial score (nSPS) is 12.0. The Morgan fingerprint density at radius 3 is 2.67 bits per heavy atom. The van der Waals surface area contributed by atoms with Crippen molar-refractivity contribution < 1.29 is 12.8 Å². The zero-order valence-electron chi connectivity index (χ0n) is 11.8. The standard InChI is InChI=1S/C14H17FN2O2S2/c1-3-17(9-11-5-4-6-20-11)21(18,19)14-8-13(16)10(2)7-12(14)15/h4-8H,3,9,16H2,1-2H3. The van der Waals surface area contributed by atoms with Gasteiger partial charge >= 0.3 is 0 Å². The summed E-state index contributed by atoms with van der Waals surface area (Å²) in [6.07, 6.45) is 0. The Hall–Kier alpha value is -1.44. The van der Waals surface area contributed by atoms with Crippen LogP contribution < -0.4 is 5.73 Å². The van der Waals surface area contributed by atoms with Gasteiger partial charge in [-0.25, -0.2) is 12.8 Å². The van der Waals surface area contributed by atoms with E-state index < -0.39 is 15.8 Å². The van der Waals surface area contributed by atoms with Crippen LogP contribution in [0.2, 0.25) is 0 Å². The van der Waals surface area contributed by atoms with Crippen molar-refractivity contribution in [2.75, 3.05) is 12.3 Å². The highest BCUT2D eigenvalue weighted by molar-refractivity contribution is 7.89. The SMILES string of the molecule is CCN(Cc1cccs1)S(=O)(=O)c1cc(N)c(C)cc1F. The van der Waals surface area contributed by atoms with E-state index >= 15 is 0 Å². The average molecular weight is 328 g/mol. The lowest BCUT2D eigenvalue weighted by Gasteiger charge is -2.20. The van der Waals surface area contributed by atoms with Crippen LogP contribution in [0.1, 0.15) is 17.4 Å². The zero-order valence-corrected chi connectivity index (χ0v) is 13.5. The Morgan fingerprint density at radius 2 is 2.10 bits per heavy atom. The Balaban J connectivity index is 2.42. The quantitative estimate of drug-likeness (QED) is 0.858. The van der Waals surface area contributed by atoms with E-state index in [4.69, 9.17) is 5.73 Å². The maximum Gasteiger partial charge on any atom is 0.246 e. The van der Waals surface area contributed by atoms with E-state index in [1.807, 2.05) is 17.5 Å². The number of hydrogen-bond acceptors (Lipinski definition) is 4. The van der Waals surface area contributed by atoms with Gasteiger partial charge in [0.15, 0.2) is 0 Å². The van der Waals surface area contributed by atoms with Crippen LogP contribution in [0.3, 0.4) is 0 Å². The van der Waals surface area contributed by atoms with E-state index in [0.29, 0.717) is 5.56 Å². The second kappa shape index (κ2) is 6.13. The molecule has 0 aliphatic heterocycles. The van der Waals surface area contributed by atoms with Gasteiger partial charge in [0.05, 0.1) is 0 Å².